The standard InChI is InChI=1S/C13H23N3O5/c1-9(11(19)16-4-6-21-7-5-16)14-12(20)15-13(2,3)8-10(17)18/h9H,4-8H2,1-3H3,(H,17,18)(H2,14,15,20). The van der Waals surface area contributed by atoms with E-state index in [-0.39, 0.29) is 12.3 Å². The van der Waals surface area contributed by atoms with Crippen molar-refractivity contribution in [3.63, 3.8) is 0 Å². The van der Waals surface area contributed by atoms with Gasteiger partial charge in [-0.05, 0) is 20.8 Å². The minimum Gasteiger partial charge on any atom is -0.481 e. The summed E-state index contributed by atoms with van der Waals surface area (Å²) >= 11 is 0. The first-order chi connectivity index (χ1) is 9.71. The molecular formula is C13H23N3O5. The second-order valence-corrected chi connectivity index (χ2v) is 5.71. The molecule has 1 fully saturated rings. The molecule has 1 saturated heterocycles. The third-order valence-electron chi connectivity index (χ3n) is 3.09. The molecule has 0 spiro atoms. The van der Waals surface area contributed by atoms with E-state index in [1.165, 1.54) is 0 Å². The van der Waals surface area contributed by atoms with Crippen LogP contribution < -0.4 is 10.6 Å². The predicted molar refractivity (Wildman–Crippen MR) is 74.9 cm³/mol. The van der Waals surface area contributed by atoms with Crippen molar-refractivity contribution in [3.8, 4) is 0 Å². The van der Waals surface area contributed by atoms with E-state index in [9.17, 15) is 14.4 Å². The van der Waals surface area contributed by atoms with Crippen molar-refractivity contribution in [2.75, 3.05) is 26.3 Å². The van der Waals surface area contributed by atoms with Crippen LogP contribution in [0.25, 0.3) is 0 Å². The number of hydrogen-bond donors (Lipinski definition) is 3. The first-order valence-corrected chi connectivity index (χ1v) is 6.88. The van der Waals surface area contributed by atoms with Gasteiger partial charge in [-0.1, -0.05) is 0 Å². The van der Waals surface area contributed by atoms with E-state index in [2.05, 4.69) is 10.6 Å². The maximum atomic E-state index is 12.1. The summed E-state index contributed by atoms with van der Waals surface area (Å²) in [6.07, 6.45) is -0.202. The Hall–Kier alpha value is -1.83. The summed E-state index contributed by atoms with van der Waals surface area (Å²) in [6, 6.07) is -1.24. The van der Waals surface area contributed by atoms with E-state index in [1.54, 1.807) is 25.7 Å². The van der Waals surface area contributed by atoms with Gasteiger partial charge in [0, 0.05) is 18.6 Å². The fourth-order valence-electron chi connectivity index (χ4n) is 2.08. The van der Waals surface area contributed by atoms with Gasteiger partial charge < -0.3 is 25.4 Å². The van der Waals surface area contributed by atoms with Crippen LogP contribution in [0, 0.1) is 0 Å². The fourth-order valence-corrected chi connectivity index (χ4v) is 2.08. The molecule has 1 heterocycles. The van der Waals surface area contributed by atoms with E-state index in [0.29, 0.717) is 26.3 Å². The SMILES string of the molecule is CC(NC(=O)NC(C)(C)CC(=O)O)C(=O)N1CCOCC1. The number of carboxylic acids is 1. The molecule has 0 saturated carbocycles. The lowest BCUT2D eigenvalue weighted by Crippen LogP contribution is -2.55. The molecule has 0 aliphatic carbocycles. The van der Waals surface area contributed by atoms with Gasteiger partial charge >= 0.3 is 12.0 Å². The summed E-state index contributed by atoms with van der Waals surface area (Å²) in [7, 11) is 0. The smallest absolute Gasteiger partial charge is 0.315 e. The van der Waals surface area contributed by atoms with Crippen LogP contribution in [0.2, 0.25) is 0 Å². The molecule has 0 radical (unpaired) electrons. The number of morpholine rings is 1. The lowest BCUT2D eigenvalue weighted by atomic mass is 10.0. The Balaban J connectivity index is 2.45. The number of nitrogens with one attached hydrogen (secondary N) is 2. The fraction of sp³-hybridized carbons (Fsp3) is 0.769. The normalized spacial score (nSPS) is 17.0. The maximum Gasteiger partial charge on any atom is 0.315 e. The maximum absolute atomic E-state index is 12.1. The van der Waals surface area contributed by atoms with E-state index < -0.39 is 23.6 Å². The zero-order valence-corrected chi connectivity index (χ0v) is 12.6. The molecule has 8 heteroatoms. The molecule has 0 bridgehead atoms. The van der Waals surface area contributed by atoms with Gasteiger partial charge in [-0.3, -0.25) is 9.59 Å². The van der Waals surface area contributed by atoms with Crippen LogP contribution in [-0.2, 0) is 14.3 Å². The third kappa shape index (κ3) is 5.99. The number of ether oxygens (including phenoxy) is 1. The van der Waals surface area contributed by atoms with Gasteiger partial charge in [0.25, 0.3) is 0 Å². The van der Waals surface area contributed by atoms with Gasteiger partial charge in [-0.2, -0.15) is 0 Å². The Labute approximate surface area is 123 Å². The number of hydrogen-bond acceptors (Lipinski definition) is 4. The van der Waals surface area contributed by atoms with Crippen LogP contribution in [-0.4, -0.2) is 65.8 Å². The highest BCUT2D eigenvalue weighted by Crippen LogP contribution is 2.08. The van der Waals surface area contributed by atoms with Crippen molar-refractivity contribution in [2.45, 2.75) is 38.8 Å². The predicted octanol–water partition coefficient (Wildman–Crippen LogP) is -0.214. The zero-order valence-electron chi connectivity index (χ0n) is 12.6. The second kappa shape index (κ2) is 7.26. The van der Waals surface area contributed by atoms with Crippen LogP contribution in [0.3, 0.4) is 0 Å². The molecule has 21 heavy (non-hydrogen) atoms. The topological polar surface area (TPSA) is 108 Å². The first-order valence-electron chi connectivity index (χ1n) is 6.88. The Kier molecular flexibility index (Phi) is 5.95. The summed E-state index contributed by atoms with van der Waals surface area (Å²) in [4.78, 5) is 36.3. The van der Waals surface area contributed by atoms with Crippen molar-refractivity contribution in [1.29, 1.82) is 0 Å². The van der Waals surface area contributed by atoms with E-state index >= 15 is 0 Å². The average Bonchev–Trinajstić information content (AvgIpc) is 2.36. The Morgan fingerprint density at radius 1 is 1.29 bits per heavy atom. The van der Waals surface area contributed by atoms with Crippen LogP contribution in [0.5, 0.6) is 0 Å². The summed E-state index contributed by atoms with van der Waals surface area (Å²) in [5.41, 5.74) is -0.891. The van der Waals surface area contributed by atoms with E-state index in [0.717, 1.165) is 0 Å². The third-order valence-corrected chi connectivity index (χ3v) is 3.09. The van der Waals surface area contributed by atoms with Crippen LogP contribution in [0.15, 0.2) is 0 Å². The summed E-state index contributed by atoms with van der Waals surface area (Å²) in [5.74, 6) is -1.18. The molecule has 1 aliphatic heterocycles. The van der Waals surface area contributed by atoms with Crippen molar-refractivity contribution in [2.24, 2.45) is 0 Å². The molecule has 8 nitrogen and oxygen atoms in total. The van der Waals surface area contributed by atoms with Gasteiger partial charge in [0.2, 0.25) is 5.91 Å². The van der Waals surface area contributed by atoms with E-state index in [1.807, 2.05) is 0 Å². The molecule has 120 valence electrons. The lowest BCUT2D eigenvalue weighted by Gasteiger charge is -2.30. The van der Waals surface area contributed by atoms with Gasteiger partial charge in [0.1, 0.15) is 6.04 Å². The number of carboxylic acid groups (broad SMARTS) is 1. The molecule has 1 unspecified atom stereocenters. The molecule has 3 N–H and O–H groups in total. The number of aliphatic carboxylic acids is 1. The average molecular weight is 301 g/mol. The van der Waals surface area contributed by atoms with Crippen molar-refractivity contribution in [3.05, 3.63) is 0 Å². The molecule has 0 aromatic rings. The van der Waals surface area contributed by atoms with Crippen molar-refractivity contribution >= 4 is 17.9 Å². The first kappa shape index (κ1) is 17.2. The van der Waals surface area contributed by atoms with Crippen LogP contribution >= 0.6 is 0 Å². The largest absolute Gasteiger partial charge is 0.481 e. The number of rotatable bonds is 5. The highest BCUT2D eigenvalue weighted by molar-refractivity contribution is 5.87. The van der Waals surface area contributed by atoms with Gasteiger partial charge in [-0.25, -0.2) is 4.79 Å². The number of carbonyl (C=O) groups is 3. The Bertz CT molecular complexity index is 405. The molecule has 0 aromatic heterocycles. The lowest BCUT2D eigenvalue weighted by molar-refractivity contribution is -0.138. The van der Waals surface area contributed by atoms with Crippen molar-refractivity contribution in [1.82, 2.24) is 15.5 Å². The molecule has 1 aliphatic rings. The number of urea groups is 1. The molecule has 1 atom stereocenters. The summed E-state index contributed by atoms with van der Waals surface area (Å²) in [5, 5.41) is 13.8. The monoisotopic (exact) mass is 301 g/mol. The number of amides is 3. The van der Waals surface area contributed by atoms with Gasteiger partial charge in [0.15, 0.2) is 0 Å². The highest BCUT2D eigenvalue weighted by atomic mass is 16.5. The Morgan fingerprint density at radius 2 is 1.86 bits per heavy atom. The van der Waals surface area contributed by atoms with Crippen LogP contribution in [0.1, 0.15) is 27.2 Å². The highest BCUT2D eigenvalue weighted by Gasteiger charge is 2.27. The minimum absolute atomic E-state index is 0.176. The van der Waals surface area contributed by atoms with E-state index in [4.69, 9.17) is 9.84 Å². The zero-order chi connectivity index (χ0) is 16.0. The molecule has 3 amide bonds. The Morgan fingerprint density at radius 3 is 2.38 bits per heavy atom. The summed E-state index contributed by atoms with van der Waals surface area (Å²) < 4.78 is 5.16. The molecular weight excluding hydrogens is 278 g/mol. The quantitative estimate of drug-likeness (QED) is 0.651. The number of nitrogens with zero attached hydrogens (tertiary/aromatic N) is 1. The molecule has 0 aromatic carbocycles. The minimum atomic E-state index is -1.00. The second-order valence-electron chi connectivity index (χ2n) is 5.71. The van der Waals surface area contributed by atoms with Gasteiger partial charge in [-0.15, -0.1) is 0 Å². The molecule has 1 rings (SSSR count). The summed E-state index contributed by atoms with van der Waals surface area (Å²) in [6.45, 7) is 6.83. The number of carbonyl (C=O) groups excluding carboxylic acids is 2. The van der Waals surface area contributed by atoms with Crippen molar-refractivity contribution < 1.29 is 24.2 Å². The van der Waals surface area contributed by atoms with Crippen LogP contribution in [0.4, 0.5) is 4.79 Å². The van der Waals surface area contributed by atoms with Gasteiger partial charge in [0.05, 0.1) is 19.6 Å².